The van der Waals surface area contributed by atoms with Crippen LogP contribution in [0.3, 0.4) is 0 Å². The maximum absolute atomic E-state index is 11.9. The highest BCUT2D eigenvalue weighted by Crippen LogP contribution is 2.57. The first-order chi connectivity index (χ1) is 11.9. The molecule has 3 rings (SSSR count). The molecule has 0 aliphatic heterocycles. The fraction of sp³-hybridized carbons (Fsp3) is 0.682. The number of esters is 1. The first-order valence-corrected chi connectivity index (χ1v) is 9.56. The molecule has 2 aliphatic rings. The van der Waals surface area contributed by atoms with Crippen molar-refractivity contribution in [2.24, 2.45) is 11.3 Å². The normalized spacial score (nSPS) is 32.4. The van der Waals surface area contributed by atoms with E-state index in [4.69, 9.17) is 9.47 Å². The lowest BCUT2D eigenvalue weighted by atomic mass is 9.50. The molecule has 3 nitrogen and oxygen atoms in total. The average Bonchev–Trinajstić information content (AvgIpc) is 2.60. The van der Waals surface area contributed by atoms with E-state index in [1.807, 2.05) is 14.0 Å². The first-order valence-electron chi connectivity index (χ1n) is 9.56. The van der Waals surface area contributed by atoms with Crippen LogP contribution in [0.15, 0.2) is 18.2 Å². The molecule has 3 heteroatoms. The Hall–Kier alpha value is -1.35. The lowest BCUT2D eigenvalue weighted by molar-refractivity contribution is -0.141. The van der Waals surface area contributed by atoms with Crippen molar-refractivity contribution in [1.82, 2.24) is 0 Å². The topological polar surface area (TPSA) is 35.5 Å². The summed E-state index contributed by atoms with van der Waals surface area (Å²) in [6, 6.07) is 6.67. The predicted molar refractivity (Wildman–Crippen MR) is 99.9 cm³/mol. The molecule has 0 bridgehead atoms. The Labute approximate surface area is 152 Å². The van der Waals surface area contributed by atoms with Gasteiger partial charge in [-0.15, -0.1) is 0 Å². The quantitative estimate of drug-likeness (QED) is 0.748. The van der Waals surface area contributed by atoms with Gasteiger partial charge in [0.15, 0.2) is 0 Å². The van der Waals surface area contributed by atoms with Gasteiger partial charge in [-0.3, -0.25) is 4.79 Å². The Morgan fingerprint density at radius 2 is 2.04 bits per heavy atom. The molecule has 1 aromatic carbocycles. The largest absolute Gasteiger partial charge is 0.469 e. The van der Waals surface area contributed by atoms with E-state index in [0.29, 0.717) is 5.92 Å². The minimum absolute atomic E-state index is 0.162. The minimum Gasteiger partial charge on any atom is -0.469 e. The number of carbonyl (C=O) groups is 1. The van der Waals surface area contributed by atoms with Crippen molar-refractivity contribution in [1.29, 1.82) is 0 Å². The SMILES string of the molecule is COCC1(C)CCCC2(C)c3ccc(C(C)C(=O)OC)cc3CCC12. The van der Waals surface area contributed by atoms with E-state index in [1.54, 1.807) is 0 Å². The van der Waals surface area contributed by atoms with Gasteiger partial charge in [0.2, 0.25) is 0 Å². The molecular weight excluding hydrogens is 312 g/mol. The summed E-state index contributed by atoms with van der Waals surface area (Å²) in [6.07, 6.45) is 6.06. The minimum atomic E-state index is -0.203. The van der Waals surface area contributed by atoms with Crippen molar-refractivity contribution in [2.45, 2.75) is 64.2 Å². The van der Waals surface area contributed by atoms with E-state index >= 15 is 0 Å². The summed E-state index contributed by atoms with van der Waals surface area (Å²) in [6.45, 7) is 7.64. The molecule has 1 fully saturated rings. The summed E-state index contributed by atoms with van der Waals surface area (Å²) in [5.41, 5.74) is 4.46. The van der Waals surface area contributed by atoms with Gasteiger partial charge < -0.3 is 9.47 Å². The maximum Gasteiger partial charge on any atom is 0.312 e. The summed E-state index contributed by atoms with van der Waals surface area (Å²) in [4.78, 5) is 11.9. The van der Waals surface area contributed by atoms with E-state index in [2.05, 4.69) is 32.0 Å². The number of fused-ring (bicyclic) bond motifs is 3. The summed E-state index contributed by atoms with van der Waals surface area (Å²) in [5.74, 6) is 0.293. The number of ether oxygens (including phenoxy) is 2. The monoisotopic (exact) mass is 344 g/mol. The van der Waals surface area contributed by atoms with Gasteiger partial charge in [-0.05, 0) is 66.0 Å². The van der Waals surface area contributed by atoms with Gasteiger partial charge >= 0.3 is 5.97 Å². The van der Waals surface area contributed by atoms with Crippen LogP contribution >= 0.6 is 0 Å². The standard InChI is InChI=1S/C22H32O3/c1-15(20(23)25-5)16-7-9-18-17(13-16)8-10-19-21(2,14-24-4)11-6-12-22(18,19)3/h7,9,13,15,19H,6,8,10-12,14H2,1-5H3. The summed E-state index contributed by atoms with van der Waals surface area (Å²) in [7, 11) is 3.29. The van der Waals surface area contributed by atoms with E-state index in [0.717, 1.165) is 18.6 Å². The van der Waals surface area contributed by atoms with Gasteiger partial charge in [-0.25, -0.2) is 0 Å². The van der Waals surface area contributed by atoms with Crippen LogP contribution in [-0.4, -0.2) is 26.8 Å². The molecule has 4 atom stereocenters. The number of hydrogen-bond donors (Lipinski definition) is 0. The number of methoxy groups -OCH3 is 2. The second-order valence-corrected chi connectivity index (χ2v) is 8.61. The highest BCUT2D eigenvalue weighted by Gasteiger charge is 2.51. The van der Waals surface area contributed by atoms with Crippen LogP contribution in [0.1, 0.15) is 69.1 Å². The first kappa shape index (κ1) is 18.4. The van der Waals surface area contributed by atoms with Crippen molar-refractivity contribution in [2.75, 3.05) is 20.8 Å². The molecule has 1 saturated carbocycles. The Kier molecular flexibility index (Phi) is 4.98. The van der Waals surface area contributed by atoms with Gasteiger partial charge in [0.25, 0.3) is 0 Å². The Bertz CT molecular complexity index is 649. The van der Waals surface area contributed by atoms with Crippen LogP contribution in [-0.2, 0) is 26.1 Å². The van der Waals surface area contributed by atoms with Crippen molar-refractivity contribution < 1.29 is 14.3 Å². The van der Waals surface area contributed by atoms with Crippen LogP contribution < -0.4 is 0 Å². The lowest BCUT2D eigenvalue weighted by Crippen LogP contribution is -2.50. The highest BCUT2D eigenvalue weighted by molar-refractivity contribution is 5.77. The third-order valence-corrected chi connectivity index (χ3v) is 7.03. The zero-order valence-corrected chi connectivity index (χ0v) is 16.4. The molecule has 138 valence electrons. The molecule has 25 heavy (non-hydrogen) atoms. The van der Waals surface area contributed by atoms with Crippen molar-refractivity contribution >= 4 is 5.97 Å². The summed E-state index contributed by atoms with van der Waals surface area (Å²) >= 11 is 0. The molecule has 0 amide bonds. The molecule has 0 spiro atoms. The molecule has 1 aromatic rings. The molecule has 2 aliphatic carbocycles. The highest BCUT2D eigenvalue weighted by atomic mass is 16.5. The predicted octanol–water partition coefficient (Wildman–Crippen LogP) is 4.62. The van der Waals surface area contributed by atoms with Crippen LogP contribution in [0.4, 0.5) is 0 Å². The molecule has 0 radical (unpaired) electrons. The van der Waals surface area contributed by atoms with Gasteiger partial charge in [0, 0.05) is 7.11 Å². The number of benzene rings is 1. The number of carbonyl (C=O) groups excluding carboxylic acids is 1. The molecule has 0 aromatic heterocycles. The average molecular weight is 344 g/mol. The fourth-order valence-electron chi connectivity index (χ4n) is 5.73. The van der Waals surface area contributed by atoms with Crippen molar-refractivity contribution in [3.63, 3.8) is 0 Å². The maximum atomic E-state index is 11.9. The summed E-state index contributed by atoms with van der Waals surface area (Å²) < 4.78 is 10.5. The fourth-order valence-corrected chi connectivity index (χ4v) is 5.73. The molecule has 4 unspecified atom stereocenters. The molecule has 0 heterocycles. The number of hydrogen-bond acceptors (Lipinski definition) is 3. The molecule has 0 saturated heterocycles. The second kappa shape index (κ2) is 6.75. The zero-order chi connectivity index (χ0) is 18.2. The smallest absolute Gasteiger partial charge is 0.312 e. The Morgan fingerprint density at radius 3 is 2.72 bits per heavy atom. The Morgan fingerprint density at radius 1 is 1.28 bits per heavy atom. The zero-order valence-electron chi connectivity index (χ0n) is 16.4. The summed E-state index contributed by atoms with van der Waals surface area (Å²) in [5, 5.41) is 0. The van der Waals surface area contributed by atoms with Crippen LogP contribution in [0.25, 0.3) is 0 Å². The third-order valence-electron chi connectivity index (χ3n) is 7.03. The molecule has 0 N–H and O–H groups in total. The molecular formula is C22H32O3. The van der Waals surface area contributed by atoms with Gasteiger partial charge in [0.1, 0.15) is 0 Å². The van der Waals surface area contributed by atoms with E-state index in [-0.39, 0.29) is 22.7 Å². The Balaban J connectivity index is 1.97. The van der Waals surface area contributed by atoms with Gasteiger partial charge in [-0.1, -0.05) is 38.5 Å². The van der Waals surface area contributed by atoms with E-state index in [1.165, 1.54) is 43.9 Å². The van der Waals surface area contributed by atoms with Crippen LogP contribution in [0.5, 0.6) is 0 Å². The number of rotatable bonds is 4. The third kappa shape index (κ3) is 3.01. The van der Waals surface area contributed by atoms with Crippen LogP contribution in [0.2, 0.25) is 0 Å². The van der Waals surface area contributed by atoms with Crippen LogP contribution in [0, 0.1) is 11.3 Å². The van der Waals surface area contributed by atoms with Crippen molar-refractivity contribution in [3.8, 4) is 0 Å². The second-order valence-electron chi connectivity index (χ2n) is 8.61. The van der Waals surface area contributed by atoms with Gasteiger partial charge in [-0.2, -0.15) is 0 Å². The van der Waals surface area contributed by atoms with E-state index < -0.39 is 0 Å². The van der Waals surface area contributed by atoms with E-state index in [9.17, 15) is 4.79 Å². The number of aryl methyl sites for hydroxylation is 1. The van der Waals surface area contributed by atoms with Crippen molar-refractivity contribution in [3.05, 3.63) is 34.9 Å². The lowest BCUT2D eigenvalue weighted by Gasteiger charge is -2.55. The van der Waals surface area contributed by atoms with Gasteiger partial charge in [0.05, 0.1) is 19.6 Å².